The maximum absolute atomic E-state index is 12.9. The van der Waals surface area contributed by atoms with Crippen molar-refractivity contribution in [2.45, 2.75) is 90.9 Å². The first-order chi connectivity index (χ1) is 14.6. The van der Waals surface area contributed by atoms with Gasteiger partial charge in [0.1, 0.15) is 5.69 Å². The number of rotatable bonds is 6. The molecule has 31 heavy (non-hydrogen) atoms. The zero-order valence-corrected chi connectivity index (χ0v) is 19.2. The Kier molecular flexibility index (Phi) is 5.64. The van der Waals surface area contributed by atoms with Gasteiger partial charge in [0, 0.05) is 11.2 Å². The van der Waals surface area contributed by atoms with Gasteiger partial charge < -0.3 is 19.8 Å². The fourth-order valence-electron chi connectivity index (χ4n) is 6.43. The maximum atomic E-state index is 12.9. The number of aromatic nitrogens is 1. The Balaban J connectivity index is 1.41. The normalized spacial score (nSPS) is 29.7. The summed E-state index contributed by atoms with van der Waals surface area (Å²) < 4.78 is 10.8. The first-order valence-electron chi connectivity index (χ1n) is 11.5. The number of hydrogen-bond acceptors (Lipinski definition) is 5. The van der Waals surface area contributed by atoms with Crippen molar-refractivity contribution in [3.63, 3.8) is 0 Å². The van der Waals surface area contributed by atoms with Crippen LogP contribution >= 0.6 is 0 Å². The second-order valence-electron chi connectivity index (χ2n) is 10.3. The van der Waals surface area contributed by atoms with Crippen LogP contribution in [-0.4, -0.2) is 40.6 Å². The van der Waals surface area contributed by atoms with E-state index in [-0.39, 0.29) is 23.2 Å². The van der Waals surface area contributed by atoms with Gasteiger partial charge in [-0.15, -0.1) is 0 Å². The lowest BCUT2D eigenvalue weighted by Crippen LogP contribution is -2.61. The van der Waals surface area contributed by atoms with Gasteiger partial charge in [-0.25, -0.2) is 9.59 Å². The molecule has 1 heterocycles. The zero-order chi connectivity index (χ0) is 22.5. The van der Waals surface area contributed by atoms with Gasteiger partial charge in [-0.2, -0.15) is 0 Å². The fraction of sp³-hybridized carbons (Fsp3) is 0.708. The van der Waals surface area contributed by atoms with E-state index in [0.717, 1.165) is 37.0 Å². The molecule has 1 amide bonds. The number of carbonyl (C=O) groups excluding carboxylic acids is 3. The van der Waals surface area contributed by atoms with Gasteiger partial charge in [-0.1, -0.05) is 0 Å². The van der Waals surface area contributed by atoms with Crippen LogP contribution in [0.1, 0.15) is 91.4 Å². The second-order valence-corrected chi connectivity index (χ2v) is 10.3. The summed E-state index contributed by atoms with van der Waals surface area (Å²) in [6, 6.07) is 0. The molecule has 4 aliphatic rings. The molecule has 7 nitrogen and oxygen atoms in total. The lowest BCUT2D eigenvalue weighted by Gasteiger charge is -2.57. The Hall–Kier alpha value is -2.31. The van der Waals surface area contributed by atoms with E-state index in [9.17, 15) is 14.4 Å². The smallest absolute Gasteiger partial charge is 0.355 e. The molecule has 4 saturated carbocycles. The molecular formula is C24H34N2O5. The van der Waals surface area contributed by atoms with Gasteiger partial charge in [0.25, 0.3) is 5.91 Å². The van der Waals surface area contributed by atoms with Crippen LogP contribution in [0.4, 0.5) is 0 Å². The van der Waals surface area contributed by atoms with Gasteiger partial charge in [0.15, 0.2) is 6.10 Å². The number of amides is 1. The molecule has 0 saturated heterocycles. The Morgan fingerprint density at radius 3 is 2.00 bits per heavy atom. The maximum Gasteiger partial charge on any atom is 0.355 e. The summed E-state index contributed by atoms with van der Waals surface area (Å²) in [5.41, 5.74) is 1.41. The highest BCUT2D eigenvalue weighted by Gasteiger charge is 2.51. The number of esters is 2. The number of ether oxygens (including phenoxy) is 2. The molecule has 170 valence electrons. The monoisotopic (exact) mass is 430 g/mol. The van der Waals surface area contributed by atoms with E-state index in [1.165, 1.54) is 19.3 Å². The number of nitrogens with one attached hydrogen (secondary N) is 2. The van der Waals surface area contributed by atoms with Crippen LogP contribution < -0.4 is 5.32 Å². The molecule has 1 aromatic rings. The summed E-state index contributed by atoms with van der Waals surface area (Å²) in [7, 11) is 0. The van der Waals surface area contributed by atoms with Crippen LogP contribution in [0, 0.1) is 31.6 Å². The van der Waals surface area contributed by atoms with Crippen LogP contribution in [0.25, 0.3) is 0 Å². The SMILES string of the molecule is Cc1[nH]c(C(=O)O[C@H](C)C(=O)NC23CC4CC(CC(C4)C2)C3)c(C)c1C(=O)OC(C)C. The minimum absolute atomic E-state index is 0.126. The molecule has 0 aliphatic heterocycles. The molecule has 2 N–H and O–H groups in total. The fourth-order valence-corrected chi connectivity index (χ4v) is 6.43. The molecule has 4 aliphatic carbocycles. The van der Waals surface area contributed by atoms with Crippen molar-refractivity contribution in [3.05, 3.63) is 22.5 Å². The third-order valence-corrected chi connectivity index (χ3v) is 7.27. The van der Waals surface area contributed by atoms with Crippen molar-refractivity contribution in [3.8, 4) is 0 Å². The van der Waals surface area contributed by atoms with E-state index in [2.05, 4.69) is 10.3 Å². The number of hydrogen-bond donors (Lipinski definition) is 2. The van der Waals surface area contributed by atoms with Crippen molar-refractivity contribution in [1.29, 1.82) is 0 Å². The lowest BCUT2D eigenvalue weighted by molar-refractivity contribution is -0.134. The molecule has 4 fully saturated rings. The van der Waals surface area contributed by atoms with Crippen molar-refractivity contribution < 1.29 is 23.9 Å². The van der Waals surface area contributed by atoms with Crippen molar-refractivity contribution in [2.24, 2.45) is 17.8 Å². The van der Waals surface area contributed by atoms with E-state index in [1.807, 2.05) is 0 Å². The minimum Gasteiger partial charge on any atom is -0.459 e. The summed E-state index contributed by atoms with van der Waals surface area (Å²) in [5.74, 6) is 0.801. The van der Waals surface area contributed by atoms with Gasteiger partial charge in [0.05, 0.1) is 11.7 Å². The molecule has 0 spiro atoms. The summed E-state index contributed by atoms with van der Waals surface area (Å²) in [6.07, 6.45) is 5.86. The number of aromatic amines is 1. The topological polar surface area (TPSA) is 97.5 Å². The van der Waals surface area contributed by atoms with Crippen molar-refractivity contribution in [1.82, 2.24) is 10.3 Å². The van der Waals surface area contributed by atoms with Gasteiger partial charge in [0.2, 0.25) is 0 Å². The zero-order valence-electron chi connectivity index (χ0n) is 19.2. The van der Waals surface area contributed by atoms with E-state index in [0.29, 0.717) is 16.8 Å². The van der Waals surface area contributed by atoms with Crippen LogP contribution in [0.5, 0.6) is 0 Å². The van der Waals surface area contributed by atoms with E-state index in [1.54, 1.807) is 34.6 Å². The number of carbonyl (C=O) groups is 3. The summed E-state index contributed by atoms with van der Waals surface area (Å²) in [5, 5.41) is 3.25. The first-order valence-corrected chi connectivity index (χ1v) is 11.5. The lowest BCUT2D eigenvalue weighted by atomic mass is 9.53. The Morgan fingerprint density at radius 2 is 1.48 bits per heavy atom. The summed E-state index contributed by atoms with van der Waals surface area (Å²) in [4.78, 5) is 41.0. The Morgan fingerprint density at radius 1 is 0.935 bits per heavy atom. The van der Waals surface area contributed by atoms with Gasteiger partial charge >= 0.3 is 11.9 Å². The predicted octanol–water partition coefficient (Wildman–Crippen LogP) is 3.83. The standard InChI is InChI=1S/C24H34N2O5/c1-12(2)30-22(28)19-13(3)20(25-14(19)4)23(29)31-15(5)21(27)26-24-9-16-6-17(10-24)8-18(7-16)11-24/h12,15-18,25H,6-11H2,1-5H3,(H,26,27)/t15-,16?,17?,18?,24?/m1/s1. The minimum atomic E-state index is -0.908. The van der Waals surface area contributed by atoms with E-state index < -0.39 is 18.0 Å². The van der Waals surface area contributed by atoms with E-state index in [4.69, 9.17) is 9.47 Å². The number of H-pyrrole nitrogens is 1. The van der Waals surface area contributed by atoms with Crippen molar-refractivity contribution in [2.75, 3.05) is 0 Å². The average molecular weight is 431 g/mol. The van der Waals surface area contributed by atoms with Crippen molar-refractivity contribution >= 4 is 17.8 Å². The molecule has 0 aromatic carbocycles. The molecule has 1 atom stereocenters. The molecule has 1 aromatic heterocycles. The highest BCUT2D eigenvalue weighted by atomic mass is 16.6. The quantitative estimate of drug-likeness (QED) is 0.669. The largest absolute Gasteiger partial charge is 0.459 e. The van der Waals surface area contributed by atoms with E-state index >= 15 is 0 Å². The van der Waals surface area contributed by atoms with Gasteiger partial charge in [-0.3, -0.25) is 4.79 Å². The summed E-state index contributed by atoms with van der Waals surface area (Å²) >= 11 is 0. The van der Waals surface area contributed by atoms with Crippen LogP contribution in [0.2, 0.25) is 0 Å². The van der Waals surface area contributed by atoms with Crippen LogP contribution in [0.3, 0.4) is 0 Å². The summed E-state index contributed by atoms with van der Waals surface area (Å²) in [6.45, 7) is 8.54. The van der Waals surface area contributed by atoms with Crippen LogP contribution in [-0.2, 0) is 14.3 Å². The Bertz CT molecular complexity index is 865. The third kappa shape index (κ3) is 4.23. The molecule has 0 unspecified atom stereocenters. The highest BCUT2D eigenvalue weighted by molar-refractivity contribution is 5.99. The molecule has 0 radical (unpaired) electrons. The second kappa shape index (κ2) is 7.99. The highest BCUT2D eigenvalue weighted by Crippen LogP contribution is 2.55. The van der Waals surface area contributed by atoms with Gasteiger partial charge in [-0.05, 0) is 96.5 Å². The van der Waals surface area contributed by atoms with Crippen LogP contribution in [0.15, 0.2) is 0 Å². The molecule has 4 bridgehead atoms. The molecule has 5 rings (SSSR count). The number of aryl methyl sites for hydroxylation is 1. The third-order valence-electron chi connectivity index (χ3n) is 7.27. The first kappa shape index (κ1) is 21.9. The molecular weight excluding hydrogens is 396 g/mol. The Labute approximate surface area is 183 Å². The predicted molar refractivity (Wildman–Crippen MR) is 115 cm³/mol. The molecule has 7 heteroatoms. The average Bonchev–Trinajstić information content (AvgIpc) is 2.93.